The molecule has 4 rings (SSSR count). The predicted octanol–water partition coefficient (Wildman–Crippen LogP) is 4.73. The molecule has 2 amide bonds. The van der Waals surface area contributed by atoms with Gasteiger partial charge in [0.2, 0.25) is 0 Å². The van der Waals surface area contributed by atoms with Crippen molar-refractivity contribution in [2.24, 2.45) is 0 Å². The van der Waals surface area contributed by atoms with E-state index in [4.69, 9.17) is 14.2 Å². The number of hydrogen-bond acceptors (Lipinski definition) is 6. The number of benzene rings is 3. The number of hydrogen-bond donors (Lipinski definition) is 1. The first-order valence-electron chi connectivity index (χ1n) is 10.7. The summed E-state index contributed by atoms with van der Waals surface area (Å²) in [5.41, 5.74) is 3.86. The number of carbonyl (C=O) groups is 2. The van der Waals surface area contributed by atoms with Crippen LogP contribution in [-0.4, -0.2) is 33.1 Å². The molecule has 7 heteroatoms. The first-order valence-corrected chi connectivity index (χ1v) is 10.7. The van der Waals surface area contributed by atoms with Gasteiger partial charge in [-0.1, -0.05) is 35.9 Å². The molecule has 0 aliphatic carbocycles. The molecule has 1 aliphatic rings. The first kappa shape index (κ1) is 22.9. The number of aryl methyl sites for hydroxylation is 2. The van der Waals surface area contributed by atoms with Gasteiger partial charge in [0.1, 0.15) is 22.9 Å². The third-order valence-electron chi connectivity index (χ3n) is 5.67. The van der Waals surface area contributed by atoms with Crippen molar-refractivity contribution in [3.8, 4) is 17.2 Å². The second kappa shape index (κ2) is 9.31. The van der Waals surface area contributed by atoms with Crippen LogP contribution in [0.3, 0.4) is 0 Å². The van der Waals surface area contributed by atoms with Gasteiger partial charge in [-0.05, 0) is 49.2 Å². The van der Waals surface area contributed by atoms with Crippen LogP contribution >= 0.6 is 0 Å². The summed E-state index contributed by atoms with van der Waals surface area (Å²) in [6, 6.07) is 18.0. The minimum atomic E-state index is -0.491. The average molecular weight is 459 g/mol. The highest BCUT2D eigenvalue weighted by Crippen LogP contribution is 2.40. The molecule has 1 N–H and O–H groups in total. The Bertz CT molecular complexity index is 1290. The van der Waals surface area contributed by atoms with E-state index < -0.39 is 11.8 Å². The molecule has 1 heterocycles. The van der Waals surface area contributed by atoms with E-state index in [1.165, 1.54) is 14.2 Å². The molecule has 0 unspecified atom stereocenters. The summed E-state index contributed by atoms with van der Waals surface area (Å²) in [5.74, 6) is 0.574. The van der Waals surface area contributed by atoms with Crippen LogP contribution in [0.5, 0.6) is 17.2 Å². The van der Waals surface area contributed by atoms with Crippen molar-refractivity contribution in [2.45, 2.75) is 13.8 Å². The monoisotopic (exact) mass is 458 g/mol. The normalized spacial score (nSPS) is 13.4. The van der Waals surface area contributed by atoms with Crippen molar-refractivity contribution in [3.63, 3.8) is 0 Å². The molecule has 0 atom stereocenters. The van der Waals surface area contributed by atoms with Crippen molar-refractivity contribution in [1.29, 1.82) is 0 Å². The smallest absolute Gasteiger partial charge is 0.282 e. The third kappa shape index (κ3) is 4.08. The van der Waals surface area contributed by atoms with E-state index in [0.29, 0.717) is 34.2 Å². The zero-order chi connectivity index (χ0) is 24.4. The van der Waals surface area contributed by atoms with Crippen molar-refractivity contribution in [2.75, 3.05) is 31.5 Å². The number of carbonyl (C=O) groups excluding carboxylic acids is 2. The lowest BCUT2D eigenvalue weighted by Gasteiger charge is -2.19. The molecule has 34 heavy (non-hydrogen) atoms. The quantitative estimate of drug-likeness (QED) is 0.516. The van der Waals surface area contributed by atoms with E-state index in [-0.39, 0.29) is 11.3 Å². The molecular weight excluding hydrogens is 432 g/mol. The van der Waals surface area contributed by atoms with Crippen molar-refractivity contribution < 1.29 is 23.8 Å². The zero-order valence-corrected chi connectivity index (χ0v) is 19.8. The summed E-state index contributed by atoms with van der Waals surface area (Å²) < 4.78 is 16.3. The Morgan fingerprint density at radius 2 is 1.35 bits per heavy atom. The Balaban J connectivity index is 1.88. The van der Waals surface area contributed by atoms with Crippen molar-refractivity contribution in [1.82, 2.24) is 0 Å². The number of nitrogens with zero attached hydrogens (tertiary/aromatic N) is 1. The Hall–Kier alpha value is -4.26. The minimum absolute atomic E-state index is 0.143. The van der Waals surface area contributed by atoms with E-state index >= 15 is 0 Å². The Morgan fingerprint density at radius 3 is 2.00 bits per heavy atom. The summed E-state index contributed by atoms with van der Waals surface area (Å²) in [6.07, 6.45) is 0. The van der Waals surface area contributed by atoms with Gasteiger partial charge >= 0.3 is 0 Å². The lowest BCUT2D eigenvalue weighted by molar-refractivity contribution is -0.120. The number of anilines is 2. The fourth-order valence-corrected chi connectivity index (χ4v) is 3.87. The lowest BCUT2D eigenvalue weighted by Crippen LogP contribution is -2.32. The fraction of sp³-hybridized carbons (Fsp3) is 0.185. The van der Waals surface area contributed by atoms with Crippen LogP contribution in [0, 0.1) is 13.8 Å². The molecule has 0 radical (unpaired) electrons. The molecule has 0 saturated heterocycles. The van der Waals surface area contributed by atoms with Gasteiger partial charge < -0.3 is 19.5 Å². The van der Waals surface area contributed by atoms with Gasteiger partial charge in [-0.2, -0.15) is 0 Å². The van der Waals surface area contributed by atoms with Crippen LogP contribution in [0.25, 0.3) is 5.57 Å². The van der Waals surface area contributed by atoms with Gasteiger partial charge in [0, 0.05) is 6.07 Å². The van der Waals surface area contributed by atoms with E-state index in [0.717, 1.165) is 16.0 Å². The molecule has 0 aromatic heterocycles. The Labute approximate surface area is 198 Å². The second-order valence-electron chi connectivity index (χ2n) is 7.93. The molecular formula is C27H26N2O5. The number of rotatable bonds is 7. The van der Waals surface area contributed by atoms with Crippen LogP contribution in [0.4, 0.5) is 11.4 Å². The number of ether oxygens (including phenoxy) is 3. The molecule has 174 valence electrons. The van der Waals surface area contributed by atoms with E-state index in [1.807, 2.05) is 44.2 Å². The topological polar surface area (TPSA) is 77.1 Å². The van der Waals surface area contributed by atoms with E-state index in [9.17, 15) is 9.59 Å². The minimum Gasteiger partial charge on any atom is -0.497 e. The van der Waals surface area contributed by atoms with Crippen LogP contribution in [0.2, 0.25) is 0 Å². The molecule has 7 nitrogen and oxygen atoms in total. The van der Waals surface area contributed by atoms with Gasteiger partial charge in [0.25, 0.3) is 11.8 Å². The highest BCUT2D eigenvalue weighted by molar-refractivity contribution is 6.46. The van der Waals surface area contributed by atoms with Crippen LogP contribution < -0.4 is 24.4 Å². The maximum absolute atomic E-state index is 13.8. The summed E-state index contributed by atoms with van der Waals surface area (Å²) in [5, 5.41) is 3.15. The van der Waals surface area contributed by atoms with E-state index in [2.05, 4.69) is 5.32 Å². The first-order chi connectivity index (χ1) is 16.4. The van der Waals surface area contributed by atoms with Gasteiger partial charge in [0.05, 0.1) is 38.3 Å². The maximum atomic E-state index is 13.8. The SMILES string of the molecule is COc1ccc(OC)c(NC2=C(c3ccc(C)cc3)C(=O)N(c3cc(C)ccc3OC)C2=O)c1. The lowest BCUT2D eigenvalue weighted by atomic mass is 10.0. The number of imide groups is 1. The number of amides is 2. The largest absolute Gasteiger partial charge is 0.497 e. The summed E-state index contributed by atoms with van der Waals surface area (Å²) in [4.78, 5) is 28.7. The highest BCUT2D eigenvalue weighted by Gasteiger charge is 2.41. The fourth-order valence-electron chi connectivity index (χ4n) is 3.87. The van der Waals surface area contributed by atoms with Crippen LogP contribution in [0.15, 0.2) is 66.4 Å². The molecule has 0 fully saturated rings. The van der Waals surface area contributed by atoms with Gasteiger partial charge in [-0.25, -0.2) is 4.90 Å². The Morgan fingerprint density at radius 1 is 0.706 bits per heavy atom. The molecule has 0 spiro atoms. The zero-order valence-electron chi connectivity index (χ0n) is 19.8. The second-order valence-corrected chi connectivity index (χ2v) is 7.93. The predicted molar refractivity (Wildman–Crippen MR) is 131 cm³/mol. The Kier molecular flexibility index (Phi) is 6.27. The van der Waals surface area contributed by atoms with E-state index in [1.54, 1.807) is 37.4 Å². The molecule has 3 aromatic carbocycles. The van der Waals surface area contributed by atoms with Crippen LogP contribution in [-0.2, 0) is 9.59 Å². The van der Waals surface area contributed by atoms with Gasteiger partial charge in [-0.15, -0.1) is 0 Å². The van der Waals surface area contributed by atoms with Crippen molar-refractivity contribution >= 4 is 28.8 Å². The van der Waals surface area contributed by atoms with Crippen LogP contribution in [0.1, 0.15) is 16.7 Å². The van der Waals surface area contributed by atoms with Crippen molar-refractivity contribution in [3.05, 3.63) is 83.1 Å². The number of methoxy groups -OCH3 is 3. The number of nitrogens with one attached hydrogen (secondary N) is 1. The summed E-state index contributed by atoms with van der Waals surface area (Å²) in [6.45, 7) is 3.85. The highest BCUT2D eigenvalue weighted by atomic mass is 16.5. The average Bonchev–Trinajstić information content (AvgIpc) is 3.08. The standard InChI is InChI=1S/C27H26N2O5/c1-16-6-9-18(10-7-16)24-25(28-20-15-19(32-3)11-13-22(20)33-4)27(31)29(26(24)30)21-14-17(2)8-12-23(21)34-5/h6-15,28H,1-5H3. The maximum Gasteiger partial charge on any atom is 0.282 e. The molecule has 3 aromatic rings. The molecule has 1 aliphatic heterocycles. The third-order valence-corrected chi connectivity index (χ3v) is 5.67. The summed E-state index contributed by atoms with van der Waals surface area (Å²) in [7, 11) is 4.60. The molecule has 0 bridgehead atoms. The summed E-state index contributed by atoms with van der Waals surface area (Å²) >= 11 is 0. The van der Waals surface area contributed by atoms with Gasteiger partial charge in [-0.3, -0.25) is 9.59 Å². The van der Waals surface area contributed by atoms with Gasteiger partial charge in [0.15, 0.2) is 0 Å². The molecule has 0 saturated carbocycles.